The van der Waals surface area contributed by atoms with E-state index in [1.807, 2.05) is 6.08 Å². The molecule has 12 unspecified atom stereocenters. The number of hydrogen-bond acceptors (Lipinski definition) is 13. The van der Waals surface area contributed by atoms with Crippen molar-refractivity contribution in [1.82, 2.24) is 5.32 Å². The van der Waals surface area contributed by atoms with Crippen molar-refractivity contribution >= 4 is 5.91 Å². The van der Waals surface area contributed by atoms with Gasteiger partial charge >= 0.3 is 0 Å². The Morgan fingerprint density at radius 2 is 0.795 bits per heavy atom. The second-order valence-corrected chi connectivity index (χ2v) is 22.1. The number of aliphatic hydroxyl groups excluding tert-OH is 8. The maximum absolute atomic E-state index is 13.3. The van der Waals surface area contributed by atoms with Crippen molar-refractivity contribution in [3.05, 3.63) is 182 Å². The van der Waals surface area contributed by atoms with Crippen molar-refractivity contribution in [2.24, 2.45) is 0 Å². The number of unbranched alkanes of at least 4 members (excludes halogenated alkanes) is 9. The van der Waals surface area contributed by atoms with Gasteiger partial charge in [0, 0.05) is 6.42 Å². The quantitative estimate of drug-likeness (QED) is 0.0204. The molecule has 0 spiro atoms. The molecule has 88 heavy (non-hydrogen) atoms. The van der Waals surface area contributed by atoms with E-state index in [0.29, 0.717) is 12.8 Å². The number of rotatable bonds is 50. The van der Waals surface area contributed by atoms with Crippen LogP contribution in [-0.4, -0.2) is 140 Å². The number of aliphatic hydroxyl groups is 8. The molecule has 2 aliphatic heterocycles. The highest BCUT2D eigenvalue weighted by atomic mass is 16.7. The number of carbonyl (C=O) groups is 1. The number of nitrogens with one attached hydrogen (secondary N) is 1. The van der Waals surface area contributed by atoms with Crippen molar-refractivity contribution < 1.29 is 64.6 Å². The van der Waals surface area contributed by atoms with Gasteiger partial charge in [0.25, 0.3) is 0 Å². The average Bonchev–Trinajstić information content (AvgIpc) is 2.45. The van der Waals surface area contributed by atoms with Gasteiger partial charge in [0.1, 0.15) is 48.8 Å². The number of amides is 1. The molecule has 2 heterocycles. The zero-order chi connectivity index (χ0) is 63.8. The summed E-state index contributed by atoms with van der Waals surface area (Å²) >= 11 is 0. The van der Waals surface area contributed by atoms with Crippen LogP contribution in [0.3, 0.4) is 0 Å². The minimum absolute atomic E-state index is 0.227. The Kier molecular flexibility index (Phi) is 50.5. The van der Waals surface area contributed by atoms with Crippen LogP contribution < -0.4 is 5.32 Å². The van der Waals surface area contributed by atoms with Gasteiger partial charge in [0.15, 0.2) is 12.6 Å². The molecule has 2 aliphatic rings. The largest absolute Gasteiger partial charge is 0.394 e. The molecule has 0 radical (unpaired) electrons. The molecule has 0 aromatic carbocycles. The van der Waals surface area contributed by atoms with Crippen LogP contribution in [0, 0.1) is 0 Å². The van der Waals surface area contributed by atoms with E-state index in [1.165, 1.54) is 19.3 Å². The second-order valence-electron chi connectivity index (χ2n) is 22.1. The summed E-state index contributed by atoms with van der Waals surface area (Å²) in [7, 11) is 0. The van der Waals surface area contributed by atoms with Gasteiger partial charge in [-0.2, -0.15) is 0 Å². The van der Waals surface area contributed by atoms with Crippen LogP contribution in [0.25, 0.3) is 0 Å². The van der Waals surface area contributed by atoms with Gasteiger partial charge in [-0.1, -0.05) is 222 Å². The molecule has 14 nitrogen and oxygen atoms in total. The van der Waals surface area contributed by atoms with E-state index in [2.05, 4.69) is 189 Å². The van der Waals surface area contributed by atoms with Crippen molar-refractivity contribution in [2.75, 3.05) is 19.8 Å². The van der Waals surface area contributed by atoms with E-state index in [1.54, 1.807) is 6.08 Å². The summed E-state index contributed by atoms with van der Waals surface area (Å²) in [6.45, 7) is 2.57. The Labute approximate surface area is 530 Å². The first-order valence-corrected chi connectivity index (χ1v) is 33.0. The van der Waals surface area contributed by atoms with Crippen LogP contribution in [0.5, 0.6) is 0 Å². The maximum atomic E-state index is 13.3. The molecule has 14 heteroatoms. The summed E-state index contributed by atoms with van der Waals surface area (Å²) in [5.74, 6) is -0.288. The van der Waals surface area contributed by atoms with E-state index in [4.69, 9.17) is 18.9 Å². The maximum Gasteiger partial charge on any atom is 0.220 e. The first-order chi connectivity index (χ1) is 43.1. The summed E-state index contributed by atoms with van der Waals surface area (Å²) in [5, 5.41) is 87.0. The zero-order valence-corrected chi connectivity index (χ0v) is 53.4. The standard InChI is InChI=1S/C74H115NO13/c1-3-5-7-9-11-13-15-17-18-19-20-21-22-23-24-25-26-27-28-29-30-31-32-33-34-35-36-37-38-39-40-41-42-43-44-46-48-50-52-54-56-58-66(79)75-62(63(78)57-55-53-51-49-47-45-16-14-12-10-8-6-4-2)61-85-73-71(84)69(82)72(65(60-77)87-73)88-74-70(83)68(81)67(80)64(59-76)86-74/h5,7,11-14,17-18,20-21,23-24,26-27,29-30,32-33,35-36,38-39,41-42,44,46-47,49,55,57,62-65,67-74,76-78,80-84H,3-4,6,8-10,15-16,19,22,25,28,31,34,37,40,43,45,48,50-54,56,58-61H2,1-2H3,(H,75,79)/b7-5-,13-11-,14-12+,18-17-,21-20-,24-23-,27-26-,30-29-,33-32-,36-35-,39-38-,42-41-,46-44-,49-47+,57-55+. The molecule has 0 aliphatic carbocycles. The van der Waals surface area contributed by atoms with Gasteiger partial charge in [0.05, 0.1) is 32.0 Å². The van der Waals surface area contributed by atoms with E-state index in [-0.39, 0.29) is 18.9 Å². The normalized spacial score (nSPS) is 24.4. The summed E-state index contributed by atoms with van der Waals surface area (Å²) in [4.78, 5) is 13.3. The van der Waals surface area contributed by atoms with E-state index in [0.717, 1.165) is 128 Å². The van der Waals surface area contributed by atoms with Gasteiger partial charge in [-0.05, 0) is 135 Å². The van der Waals surface area contributed by atoms with Crippen molar-refractivity contribution in [1.29, 1.82) is 0 Å². The Hall–Kier alpha value is -4.91. The van der Waals surface area contributed by atoms with Gasteiger partial charge in [-0.25, -0.2) is 0 Å². The summed E-state index contributed by atoms with van der Waals surface area (Å²) in [6.07, 6.45) is 72.4. The van der Waals surface area contributed by atoms with Crippen LogP contribution in [0.4, 0.5) is 0 Å². The summed E-state index contributed by atoms with van der Waals surface area (Å²) < 4.78 is 22.7. The lowest BCUT2D eigenvalue weighted by atomic mass is 9.97. The lowest BCUT2D eigenvalue weighted by Gasteiger charge is -2.46. The number of carbonyl (C=O) groups excluding carboxylic acids is 1. The van der Waals surface area contributed by atoms with Gasteiger partial charge in [-0.15, -0.1) is 0 Å². The van der Waals surface area contributed by atoms with Crippen molar-refractivity contribution in [3.63, 3.8) is 0 Å². The molecule has 0 bridgehead atoms. The molecule has 0 saturated carbocycles. The van der Waals surface area contributed by atoms with E-state index >= 15 is 0 Å². The first-order valence-electron chi connectivity index (χ1n) is 33.0. The fraction of sp³-hybridized carbons (Fsp3) is 0.581. The molecular weight excluding hydrogens is 1110 g/mol. The highest BCUT2D eigenvalue weighted by Gasteiger charge is 2.51. The molecule has 9 N–H and O–H groups in total. The molecule has 2 fully saturated rings. The number of allylic oxidation sites excluding steroid dienone is 29. The second kappa shape index (κ2) is 56.1. The highest BCUT2D eigenvalue weighted by molar-refractivity contribution is 5.76. The van der Waals surface area contributed by atoms with Crippen LogP contribution in [0.1, 0.15) is 181 Å². The Bertz CT molecular complexity index is 2180. The first kappa shape index (κ1) is 79.2. The van der Waals surface area contributed by atoms with Gasteiger partial charge in [0.2, 0.25) is 5.91 Å². The molecule has 494 valence electrons. The Morgan fingerprint density at radius 3 is 1.24 bits per heavy atom. The third-order valence-electron chi connectivity index (χ3n) is 14.6. The fourth-order valence-electron chi connectivity index (χ4n) is 9.30. The SMILES string of the molecule is CC/C=C\C/C=C\C/C=C\C/C=C\C/C=C\C/C=C\C/C=C\C/C=C\C/C=C\C/C=C\C/C=C\C/C=C\CCCCCCC(=O)NC(COC1OC(CO)C(OC2OC(CO)C(O)C(O)C2O)C(O)C1O)C(O)/C=C/CC/C=C/CC/C=C/CCCCC. The molecule has 2 rings (SSSR count). The van der Waals surface area contributed by atoms with E-state index in [9.17, 15) is 45.6 Å². The molecule has 12 atom stereocenters. The van der Waals surface area contributed by atoms with Crippen LogP contribution >= 0.6 is 0 Å². The number of ether oxygens (including phenoxy) is 4. The Balaban J connectivity index is 1.66. The van der Waals surface area contributed by atoms with Crippen molar-refractivity contribution in [3.8, 4) is 0 Å². The molecular formula is C74H115NO13. The zero-order valence-electron chi connectivity index (χ0n) is 53.4. The van der Waals surface area contributed by atoms with E-state index < -0.39 is 86.8 Å². The van der Waals surface area contributed by atoms with Crippen molar-refractivity contribution in [2.45, 2.75) is 254 Å². The van der Waals surface area contributed by atoms with Gasteiger partial charge < -0.3 is 65.1 Å². The predicted molar refractivity (Wildman–Crippen MR) is 359 cm³/mol. The fourth-order valence-corrected chi connectivity index (χ4v) is 9.30. The van der Waals surface area contributed by atoms with Crippen LogP contribution in [0.15, 0.2) is 182 Å². The summed E-state index contributed by atoms with van der Waals surface area (Å²) in [5.41, 5.74) is 0. The third kappa shape index (κ3) is 40.0. The molecule has 0 aromatic heterocycles. The highest BCUT2D eigenvalue weighted by Crippen LogP contribution is 2.30. The minimum Gasteiger partial charge on any atom is -0.394 e. The third-order valence-corrected chi connectivity index (χ3v) is 14.6. The molecule has 0 aromatic rings. The average molecular weight is 1230 g/mol. The minimum atomic E-state index is -1.80. The summed E-state index contributed by atoms with van der Waals surface area (Å²) in [6, 6.07) is -0.965. The Morgan fingerprint density at radius 1 is 0.420 bits per heavy atom. The molecule has 1 amide bonds. The van der Waals surface area contributed by atoms with Crippen LogP contribution in [0.2, 0.25) is 0 Å². The molecule has 2 saturated heterocycles. The monoisotopic (exact) mass is 1230 g/mol. The lowest BCUT2D eigenvalue weighted by molar-refractivity contribution is -0.359. The van der Waals surface area contributed by atoms with Gasteiger partial charge in [-0.3, -0.25) is 4.79 Å². The lowest BCUT2D eigenvalue weighted by Crippen LogP contribution is -2.65. The smallest absolute Gasteiger partial charge is 0.220 e. The van der Waals surface area contributed by atoms with Crippen LogP contribution in [-0.2, 0) is 23.7 Å². The number of hydrogen-bond donors (Lipinski definition) is 9. The predicted octanol–water partition coefficient (Wildman–Crippen LogP) is 13.0. The topological polar surface area (TPSA) is 228 Å².